The molecule has 2 heteroatoms. The second-order valence-corrected chi connectivity index (χ2v) is 4.92. The molecule has 2 nitrogen and oxygen atoms in total. The zero-order valence-electron chi connectivity index (χ0n) is 10.4. The minimum Gasteiger partial charge on any atom is -0.310 e. The number of hydrogen-bond acceptors (Lipinski definition) is 2. The molecule has 0 bridgehead atoms. The van der Waals surface area contributed by atoms with Crippen LogP contribution in [-0.4, -0.2) is 11.5 Å². The first-order valence-electron chi connectivity index (χ1n) is 6.45. The molecule has 88 valence electrons. The van der Waals surface area contributed by atoms with Crippen molar-refractivity contribution in [2.45, 2.75) is 45.6 Å². The molecule has 1 heterocycles. The van der Waals surface area contributed by atoms with Gasteiger partial charge in [-0.15, -0.1) is 0 Å². The van der Waals surface area contributed by atoms with E-state index >= 15 is 0 Å². The minimum absolute atomic E-state index is 0.536. The summed E-state index contributed by atoms with van der Waals surface area (Å²) in [5, 5.41) is 3.66. The number of aromatic nitrogens is 1. The summed E-state index contributed by atoms with van der Waals surface area (Å²) in [5.74, 6) is 0.961. The molecule has 0 aromatic carbocycles. The molecule has 0 saturated heterocycles. The molecule has 1 atom stereocenters. The fraction of sp³-hybridized carbons (Fsp3) is 0.643. The normalized spacial score (nSPS) is 17.4. The summed E-state index contributed by atoms with van der Waals surface area (Å²) in [6.07, 6.45) is 7.27. The molecule has 1 saturated carbocycles. The van der Waals surface area contributed by atoms with Gasteiger partial charge in [0.15, 0.2) is 0 Å². The smallest absolute Gasteiger partial charge is 0.0375 e. The first kappa shape index (κ1) is 11.6. The van der Waals surface area contributed by atoms with Crippen molar-refractivity contribution in [3.63, 3.8) is 0 Å². The fourth-order valence-electron chi connectivity index (χ4n) is 2.13. The van der Waals surface area contributed by atoms with Gasteiger partial charge in [0.05, 0.1) is 0 Å². The van der Waals surface area contributed by atoms with E-state index in [1.165, 1.54) is 31.2 Å². The van der Waals surface area contributed by atoms with Crippen LogP contribution in [0.2, 0.25) is 0 Å². The fourth-order valence-corrected chi connectivity index (χ4v) is 2.13. The Labute approximate surface area is 98.5 Å². The molecule has 0 radical (unpaired) electrons. The Morgan fingerprint density at radius 3 is 2.94 bits per heavy atom. The predicted molar refractivity (Wildman–Crippen MR) is 67.3 cm³/mol. The Kier molecular flexibility index (Phi) is 3.94. The topological polar surface area (TPSA) is 24.9 Å². The molecular weight excluding hydrogens is 196 g/mol. The highest BCUT2D eigenvalue weighted by molar-refractivity contribution is 5.19. The van der Waals surface area contributed by atoms with Gasteiger partial charge in [-0.25, -0.2) is 0 Å². The van der Waals surface area contributed by atoms with E-state index in [9.17, 15) is 0 Å². The lowest BCUT2D eigenvalue weighted by Gasteiger charge is -2.19. The molecule has 1 N–H and O–H groups in total. The first-order chi connectivity index (χ1) is 7.79. The largest absolute Gasteiger partial charge is 0.310 e. The summed E-state index contributed by atoms with van der Waals surface area (Å²) < 4.78 is 0. The Balaban J connectivity index is 2.03. The van der Waals surface area contributed by atoms with E-state index in [4.69, 9.17) is 0 Å². The van der Waals surface area contributed by atoms with Crippen LogP contribution in [0.25, 0.3) is 0 Å². The number of hydrogen-bond donors (Lipinski definition) is 1. The second kappa shape index (κ2) is 5.44. The van der Waals surface area contributed by atoms with Crippen molar-refractivity contribution in [2.24, 2.45) is 5.92 Å². The van der Waals surface area contributed by atoms with Gasteiger partial charge in [-0.05, 0) is 49.9 Å². The van der Waals surface area contributed by atoms with Gasteiger partial charge < -0.3 is 5.32 Å². The van der Waals surface area contributed by atoms with Crippen molar-refractivity contribution in [1.82, 2.24) is 10.3 Å². The van der Waals surface area contributed by atoms with E-state index in [1.807, 2.05) is 6.20 Å². The summed E-state index contributed by atoms with van der Waals surface area (Å²) in [4.78, 5) is 4.27. The molecule has 1 aromatic heterocycles. The molecule has 2 rings (SSSR count). The number of aryl methyl sites for hydroxylation is 1. The second-order valence-electron chi connectivity index (χ2n) is 4.92. The molecule has 1 fully saturated rings. The Morgan fingerprint density at radius 1 is 1.50 bits per heavy atom. The van der Waals surface area contributed by atoms with Gasteiger partial charge >= 0.3 is 0 Å². The third kappa shape index (κ3) is 3.31. The number of nitrogens with zero attached hydrogens (tertiary/aromatic N) is 1. The summed E-state index contributed by atoms with van der Waals surface area (Å²) >= 11 is 0. The van der Waals surface area contributed by atoms with Crippen molar-refractivity contribution < 1.29 is 0 Å². The summed E-state index contributed by atoms with van der Waals surface area (Å²) in [6.45, 7) is 5.40. The molecule has 0 amide bonds. The molecule has 16 heavy (non-hydrogen) atoms. The lowest BCUT2D eigenvalue weighted by atomic mass is 10.0. The standard InChI is InChI=1S/C14H22N2/c1-3-7-16-14(10-12-4-5-12)13-6-8-15-11(2)9-13/h6,8-9,12,14,16H,3-5,7,10H2,1-2H3. The van der Waals surface area contributed by atoms with E-state index in [0.717, 1.165) is 18.2 Å². The van der Waals surface area contributed by atoms with Crippen LogP contribution >= 0.6 is 0 Å². The number of nitrogens with one attached hydrogen (secondary N) is 1. The maximum absolute atomic E-state index is 4.27. The molecule has 1 aliphatic rings. The number of pyridine rings is 1. The van der Waals surface area contributed by atoms with Crippen LogP contribution in [0.4, 0.5) is 0 Å². The highest BCUT2D eigenvalue weighted by Crippen LogP contribution is 2.37. The maximum atomic E-state index is 4.27. The van der Waals surface area contributed by atoms with Gasteiger partial charge in [-0.1, -0.05) is 19.8 Å². The highest BCUT2D eigenvalue weighted by Gasteiger charge is 2.25. The van der Waals surface area contributed by atoms with Crippen molar-refractivity contribution >= 4 is 0 Å². The molecule has 0 spiro atoms. The molecule has 1 unspecified atom stereocenters. The minimum atomic E-state index is 0.536. The SMILES string of the molecule is CCCNC(CC1CC1)c1ccnc(C)c1. The van der Waals surface area contributed by atoms with Crippen molar-refractivity contribution in [3.05, 3.63) is 29.6 Å². The van der Waals surface area contributed by atoms with E-state index < -0.39 is 0 Å². The predicted octanol–water partition coefficient (Wildman–Crippen LogP) is 3.23. The van der Waals surface area contributed by atoms with Crippen molar-refractivity contribution in [1.29, 1.82) is 0 Å². The summed E-state index contributed by atoms with van der Waals surface area (Å²) in [6, 6.07) is 4.91. The van der Waals surface area contributed by atoms with Crippen LogP contribution in [0.5, 0.6) is 0 Å². The van der Waals surface area contributed by atoms with E-state index in [1.54, 1.807) is 0 Å². The van der Waals surface area contributed by atoms with Crippen molar-refractivity contribution in [2.75, 3.05) is 6.54 Å². The third-order valence-electron chi connectivity index (χ3n) is 3.23. The van der Waals surface area contributed by atoms with E-state index in [-0.39, 0.29) is 0 Å². The Bertz CT molecular complexity index is 331. The van der Waals surface area contributed by atoms with Gasteiger partial charge in [0.1, 0.15) is 0 Å². The van der Waals surface area contributed by atoms with Crippen LogP contribution in [0, 0.1) is 12.8 Å². The quantitative estimate of drug-likeness (QED) is 0.793. The van der Waals surface area contributed by atoms with Gasteiger partial charge in [0, 0.05) is 17.9 Å². The first-order valence-corrected chi connectivity index (χ1v) is 6.45. The number of rotatable bonds is 6. The Hall–Kier alpha value is -0.890. The van der Waals surface area contributed by atoms with Crippen LogP contribution < -0.4 is 5.32 Å². The van der Waals surface area contributed by atoms with Gasteiger partial charge in [-0.3, -0.25) is 4.98 Å². The van der Waals surface area contributed by atoms with Crippen LogP contribution in [0.15, 0.2) is 18.3 Å². The van der Waals surface area contributed by atoms with Crippen LogP contribution in [-0.2, 0) is 0 Å². The van der Waals surface area contributed by atoms with Crippen LogP contribution in [0.1, 0.15) is 49.9 Å². The molecule has 1 aliphatic carbocycles. The third-order valence-corrected chi connectivity index (χ3v) is 3.23. The lowest BCUT2D eigenvalue weighted by molar-refractivity contribution is 0.473. The lowest BCUT2D eigenvalue weighted by Crippen LogP contribution is -2.22. The zero-order chi connectivity index (χ0) is 11.4. The van der Waals surface area contributed by atoms with Crippen molar-refractivity contribution in [3.8, 4) is 0 Å². The maximum Gasteiger partial charge on any atom is 0.0375 e. The van der Waals surface area contributed by atoms with Gasteiger partial charge in [0.25, 0.3) is 0 Å². The zero-order valence-corrected chi connectivity index (χ0v) is 10.4. The average Bonchev–Trinajstić information content (AvgIpc) is 3.08. The highest BCUT2D eigenvalue weighted by atomic mass is 14.9. The van der Waals surface area contributed by atoms with Gasteiger partial charge in [0.2, 0.25) is 0 Å². The van der Waals surface area contributed by atoms with E-state index in [2.05, 4.69) is 36.3 Å². The van der Waals surface area contributed by atoms with Crippen LogP contribution in [0.3, 0.4) is 0 Å². The molecular formula is C14H22N2. The molecule has 0 aliphatic heterocycles. The van der Waals surface area contributed by atoms with Gasteiger partial charge in [-0.2, -0.15) is 0 Å². The summed E-state index contributed by atoms with van der Waals surface area (Å²) in [5.41, 5.74) is 2.53. The molecule has 1 aromatic rings. The monoisotopic (exact) mass is 218 g/mol. The summed E-state index contributed by atoms with van der Waals surface area (Å²) in [7, 11) is 0. The Morgan fingerprint density at radius 2 is 2.31 bits per heavy atom. The average molecular weight is 218 g/mol. The van der Waals surface area contributed by atoms with E-state index in [0.29, 0.717) is 6.04 Å².